The summed E-state index contributed by atoms with van der Waals surface area (Å²) in [5.41, 5.74) is 4.09. The number of hydrogen-bond acceptors (Lipinski definition) is 16. The van der Waals surface area contributed by atoms with Crippen molar-refractivity contribution in [2.75, 3.05) is 5.43 Å². The summed E-state index contributed by atoms with van der Waals surface area (Å²) >= 11 is 1.41. The third kappa shape index (κ3) is 11.9. The zero-order valence-corrected chi connectivity index (χ0v) is 35.3. The van der Waals surface area contributed by atoms with Crippen LogP contribution in [0.3, 0.4) is 0 Å². The number of carbonyl (C=O) groups is 6. The van der Waals surface area contributed by atoms with Gasteiger partial charge in [0, 0.05) is 17.7 Å². The number of para-hydroxylation sites is 1. The molecule has 1 aromatic heterocycles. The Labute approximate surface area is 371 Å². The van der Waals surface area contributed by atoms with E-state index in [-0.39, 0.29) is 23.0 Å². The molecule has 1 heterocycles. The summed E-state index contributed by atoms with van der Waals surface area (Å²) in [6, 6.07) is 24.4. The van der Waals surface area contributed by atoms with E-state index in [2.05, 4.69) is 28.7 Å². The number of thiazole rings is 1. The Balaban J connectivity index is 0.945. The first-order chi connectivity index (χ1) is 31.0. The molecule has 0 spiro atoms. The summed E-state index contributed by atoms with van der Waals surface area (Å²) in [7, 11) is 0. The van der Waals surface area contributed by atoms with Crippen molar-refractivity contribution in [1.82, 2.24) is 4.98 Å². The number of carbonyl (C=O) groups excluding carboxylic acids is 6. The zero-order chi connectivity index (χ0) is 45.0. The molecule has 2 fully saturated rings. The number of benzene rings is 4. The number of esters is 6. The molecule has 0 bridgehead atoms. The zero-order valence-electron chi connectivity index (χ0n) is 34.5. The van der Waals surface area contributed by atoms with E-state index < -0.39 is 59.5 Å². The molecule has 7 rings (SSSR count). The van der Waals surface area contributed by atoms with Gasteiger partial charge in [0.1, 0.15) is 34.5 Å². The summed E-state index contributed by atoms with van der Waals surface area (Å²) < 4.78 is 33.9. The maximum atomic E-state index is 13.5. The van der Waals surface area contributed by atoms with Crippen LogP contribution < -0.4 is 33.8 Å². The lowest BCUT2D eigenvalue weighted by molar-refractivity contribution is -0.145. The Morgan fingerprint density at radius 2 is 0.953 bits per heavy atom. The molecule has 64 heavy (non-hydrogen) atoms. The maximum Gasteiger partial charge on any atom is 0.335 e. The van der Waals surface area contributed by atoms with Gasteiger partial charge in [-0.2, -0.15) is 5.10 Å². The summed E-state index contributed by atoms with van der Waals surface area (Å²) in [6.07, 6.45) is 6.83. The van der Waals surface area contributed by atoms with Crippen molar-refractivity contribution in [2.24, 2.45) is 28.8 Å². The van der Waals surface area contributed by atoms with Crippen LogP contribution in [-0.4, -0.2) is 47.0 Å². The molecule has 0 saturated heterocycles. The summed E-state index contributed by atoms with van der Waals surface area (Å²) in [6.45, 7) is 6.72. The molecule has 328 valence electrons. The largest absolute Gasteiger partial charge is 0.426 e. The highest BCUT2D eigenvalue weighted by Gasteiger charge is 2.34. The van der Waals surface area contributed by atoms with E-state index in [0.29, 0.717) is 73.6 Å². The Morgan fingerprint density at radius 1 is 0.547 bits per heavy atom. The van der Waals surface area contributed by atoms with Gasteiger partial charge in [0.25, 0.3) is 0 Å². The fraction of sp³-hybridized carbons (Fsp3) is 0.250. The van der Waals surface area contributed by atoms with E-state index in [1.54, 1.807) is 6.07 Å². The molecule has 5 aromatic rings. The third-order valence-corrected chi connectivity index (χ3v) is 11.7. The van der Waals surface area contributed by atoms with Crippen molar-refractivity contribution in [3.63, 3.8) is 0 Å². The predicted molar refractivity (Wildman–Crippen MR) is 235 cm³/mol. The SMILES string of the molecule is C=CC(=O)Oc1ccc(OC(=O)C2CCC(C(=O)Oc3ccc(OC(=O)C4CCC(C(=O)Oc5ccc(OC(=O)C=C)cc5)CC4)c(/C=N/Nc4nc5ccccc5s4)c3)CC2)cc1. The van der Waals surface area contributed by atoms with Crippen LogP contribution >= 0.6 is 11.3 Å². The molecular formula is C48H43N3O12S. The van der Waals surface area contributed by atoms with E-state index in [9.17, 15) is 28.8 Å². The number of hydrazone groups is 1. The van der Waals surface area contributed by atoms with Gasteiger partial charge in [0.2, 0.25) is 5.13 Å². The molecule has 0 amide bonds. The minimum Gasteiger partial charge on any atom is -0.426 e. The fourth-order valence-electron chi connectivity index (χ4n) is 7.25. The van der Waals surface area contributed by atoms with Gasteiger partial charge in [0.05, 0.1) is 40.1 Å². The van der Waals surface area contributed by atoms with Crippen LogP contribution in [0.25, 0.3) is 10.2 Å². The molecule has 2 saturated carbocycles. The Bertz CT molecular complexity index is 2540. The molecule has 2 aliphatic rings. The average Bonchev–Trinajstić information content (AvgIpc) is 3.74. The molecule has 0 atom stereocenters. The number of ether oxygens (including phenoxy) is 6. The van der Waals surface area contributed by atoms with E-state index in [1.165, 1.54) is 78.2 Å². The quantitative estimate of drug-likeness (QED) is 0.0345. The maximum absolute atomic E-state index is 13.5. The van der Waals surface area contributed by atoms with Crippen LogP contribution in [0.1, 0.15) is 56.9 Å². The molecule has 15 nitrogen and oxygen atoms in total. The first-order valence-electron chi connectivity index (χ1n) is 20.6. The third-order valence-electron chi connectivity index (χ3n) is 10.7. The van der Waals surface area contributed by atoms with Gasteiger partial charge in [-0.3, -0.25) is 24.6 Å². The van der Waals surface area contributed by atoms with E-state index >= 15 is 0 Å². The second kappa shape index (κ2) is 21.1. The first-order valence-corrected chi connectivity index (χ1v) is 21.4. The number of fused-ring (bicyclic) bond motifs is 1. The average molecular weight is 886 g/mol. The predicted octanol–water partition coefficient (Wildman–Crippen LogP) is 8.56. The minimum absolute atomic E-state index is 0.190. The van der Waals surface area contributed by atoms with Gasteiger partial charge in [-0.25, -0.2) is 14.6 Å². The van der Waals surface area contributed by atoms with Crippen LogP contribution in [0.4, 0.5) is 5.13 Å². The highest BCUT2D eigenvalue weighted by atomic mass is 32.1. The fourth-order valence-corrected chi connectivity index (χ4v) is 8.06. The van der Waals surface area contributed by atoms with Crippen molar-refractivity contribution in [3.05, 3.63) is 122 Å². The Morgan fingerprint density at radius 3 is 1.41 bits per heavy atom. The molecule has 4 aromatic carbocycles. The topological polar surface area (TPSA) is 195 Å². The number of nitrogens with zero attached hydrogens (tertiary/aromatic N) is 2. The Hall–Kier alpha value is -7.46. The van der Waals surface area contributed by atoms with Crippen LogP contribution in [-0.2, 0) is 28.8 Å². The van der Waals surface area contributed by atoms with Crippen LogP contribution in [0, 0.1) is 23.7 Å². The smallest absolute Gasteiger partial charge is 0.335 e. The standard InChI is InChI=1S/C48H43N3O12S/c1-3-42(52)58-34-17-21-36(22-18-34)60-44(54)29-9-11-31(12-10-29)46(56)62-38-25-26-40(33(27-38)28-49-51-48-50-39-7-5-6-8-41(39)64-48)63-47(57)32-15-13-30(14-16-32)45(55)61-37-23-19-35(20-24-37)59-43(53)4-2/h3-8,17-32H,1-2,9-16H2,(H,50,51)/b49-28+. The molecule has 0 aliphatic heterocycles. The minimum atomic E-state index is -0.604. The number of anilines is 1. The molecule has 0 radical (unpaired) electrons. The van der Waals surface area contributed by atoms with Crippen LogP contribution in [0.2, 0.25) is 0 Å². The molecule has 2 aliphatic carbocycles. The number of rotatable bonds is 15. The first kappa shape index (κ1) is 44.6. The van der Waals surface area contributed by atoms with Gasteiger partial charge in [0.15, 0.2) is 0 Å². The lowest BCUT2D eigenvalue weighted by Crippen LogP contribution is -2.30. The monoisotopic (exact) mass is 885 g/mol. The van der Waals surface area contributed by atoms with Crippen molar-refractivity contribution in [3.8, 4) is 34.5 Å². The lowest BCUT2D eigenvalue weighted by atomic mass is 9.82. The number of nitrogens with one attached hydrogen (secondary N) is 1. The van der Waals surface area contributed by atoms with E-state index in [1.807, 2.05) is 24.3 Å². The van der Waals surface area contributed by atoms with Gasteiger partial charge < -0.3 is 28.4 Å². The summed E-state index contributed by atoms with van der Waals surface area (Å²) in [5.74, 6) is -3.17. The molecule has 1 N–H and O–H groups in total. The van der Waals surface area contributed by atoms with Crippen LogP contribution in [0.15, 0.2) is 121 Å². The normalized spacial score (nSPS) is 18.2. The number of hydrogen-bond donors (Lipinski definition) is 1. The molecule has 0 unspecified atom stereocenters. The highest BCUT2D eigenvalue weighted by molar-refractivity contribution is 7.22. The number of aromatic nitrogens is 1. The second-order valence-corrected chi connectivity index (χ2v) is 16.1. The van der Waals surface area contributed by atoms with Crippen molar-refractivity contribution in [1.29, 1.82) is 0 Å². The van der Waals surface area contributed by atoms with Crippen molar-refractivity contribution in [2.45, 2.75) is 51.4 Å². The van der Waals surface area contributed by atoms with Gasteiger partial charge in [-0.1, -0.05) is 36.6 Å². The highest BCUT2D eigenvalue weighted by Crippen LogP contribution is 2.35. The molecule has 16 heteroatoms. The van der Waals surface area contributed by atoms with Gasteiger partial charge >= 0.3 is 35.8 Å². The second-order valence-electron chi connectivity index (χ2n) is 15.0. The van der Waals surface area contributed by atoms with Crippen molar-refractivity contribution >= 4 is 68.7 Å². The summed E-state index contributed by atoms with van der Waals surface area (Å²) in [4.78, 5) is 80.2. The van der Waals surface area contributed by atoms with Gasteiger partial charge in [-0.15, -0.1) is 0 Å². The lowest BCUT2D eigenvalue weighted by Gasteiger charge is -2.26. The van der Waals surface area contributed by atoms with E-state index in [4.69, 9.17) is 28.4 Å². The van der Waals surface area contributed by atoms with Crippen LogP contribution in [0.5, 0.6) is 34.5 Å². The molecular weight excluding hydrogens is 843 g/mol. The summed E-state index contributed by atoms with van der Waals surface area (Å²) in [5, 5.41) is 4.90. The van der Waals surface area contributed by atoms with Crippen molar-refractivity contribution < 1.29 is 57.2 Å². The van der Waals surface area contributed by atoms with Gasteiger partial charge in [-0.05, 0) is 130 Å². The van der Waals surface area contributed by atoms with E-state index in [0.717, 1.165) is 22.4 Å². The Kier molecular flexibility index (Phi) is 14.7.